The lowest BCUT2D eigenvalue weighted by molar-refractivity contribution is -0.139. The van der Waals surface area contributed by atoms with Crippen LogP contribution in [0.15, 0.2) is 22.6 Å². The van der Waals surface area contributed by atoms with Crippen LogP contribution < -0.4 is 0 Å². The number of carbonyl (C=O) groups is 1. The van der Waals surface area contributed by atoms with E-state index in [2.05, 4.69) is 4.98 Å². The lowest BCUT2D eigenvalue weighted by atomic mass is 10.00. The molecular formula is C11H11NO4. The van der Waals surface area contributed by atoms with Gasteiger partial charge in [-0.3, -0.25) is 4.79 Å². The van der Waals surface area contributed by atoms with Gasteiger partial charge >= 0.3 is 5.97 Å². The van der Waals surface area contributed by atoms with Gasteiger partial charge in [0.1, 0.15) is 11.4 Å². The van der Waals surface area contributed by atoms with Crippen molar-refractivity contribution in [3.63, 3.8) is 0 Å². The molecule has 1 unspecified atom stereocenters. The molecule has 1 aromatic heterocycles. The number of hydrogen-bond donors (Lipinski definition) is 2. The summed E-state index contributed by atoms with van der Waals surface area (Å²) in [5.74, 6) is -1.45. The van der Waals surface area contributed by atoms with Gasteiger partial charge in [-0.25, -0.2) is 4.98 Å². The molecule has 0 aliphatic carbocycles. The Bertz CT molecular complexity index is 532. The van der Waals surface area contributed by atoms with Crippen LogP contribution in [-0.2, 0) is 4.79 Å². The number of rotatable bonds is 3. The predicted molar refractivity (Wildman–Crippen MR) is 56.2 cm³/mol. The Morgan fingerprint density at radius 3 is 2.94 bits per heavy atom. The van der Waals surface area contributed by atoms with Gasteiger partial charge in [-0.1, -0.05) is 6.07 Å². The normalized spacial score (nSPS) is 12.9. The van der Waals surface area contributed by atoms with E-state index in [-0.39, 0.29) is 0 Å². The minimum atomic E-state index is -1.06. The summed E-state index contributed by atoms with van der Waals surface area (Å²) in [4.78, 5) is 15.0. The molecule has 0 saturated carbocycles. The van der Waals surface area contributed by atoms with Crippen molar-refractivity contribution in [1.82, 2.24) is 4.98 Å². The molecule has 0 fully saturated rings. The Hall–Kier alpha value is -1.88. The van der Waals surface area contributed by atoms with Crippen LogP contribution in [0.2, 0.25) is 0 Å². The highest BCUT2D eigenvalue weighted by atomic mass is 16.4. The van der Waals surface area contributed by atoms with Crippen LogP contribution in [0.4, 0.5) is 0 Å². The van der Waals surface area contributed by atoms with Crippen molar-refractivity contribution in [1.29, 1.82) is 0 Å². The third kappa shape index (κ3) is 1.77. The minimum Gasteiger partial charge on any atom is -0.481 e. The van der Waals surface area contributed by atoms with Crippen LogP contribution in [0.1, 0.15) is 17.4 Å². The molecule has 0 spiro atoms. The highest BCUT2D eigenvalue weighted by Gasteiger charge is 2.19. The third-order valence-electron chi connectivity index (χ3n) is 2.40. The van der Waals surface area contributed by atoms with E-state index in [1.54, 1.807) is 25.1 Å². The van der Waals surface area contributed by atoms with Crippen LogP contribution in [0.3, 0.4) is 0 Å². The van der Waals surface area contributed by atoms with E-state index < -0.39 is 18.5 Å². The van der Waals surface area contributed by atoms with E-state index in [1.165, 1.54) is 0 Å². The molecule has 0 saturated heterocycles. The monoisotopic (exact) mass is 221 g/mol. The summed E-state index contributed by atoms with van der Waals surface area (Å²) in [6.45, 7) is 1.29. The Morgan fingerprint density at radius 2 is 2.31 bits per heavy atom. The fourth-order valence-electron chi connectivity index (χ4n) is 1.60. The van der Waals surface area contributed by atoms with Gasteiger partial charge in [-0.2, -0.15) is 0 Å². The van der Waals surface area contributed by atoms with Gasteiger partial charge in [0.25, 0.3) is 0 Å². The zero-order chi connectivity index (χ0) is 11.7. The maximum Gasteiger partial charge on any atom is 0.313 e. The molecule has 1 atom stereocenters. The molecule has 0 radical (unpaired) electrons. The van der Waals surface area contributed by atoms with E-state index >= 15 is 0 Å². The second-order valence-corrected chi connectivity index (χ2v) is 3.53. The first-order chi connectivity index (χ1) is 7.61. The van der Waals surface area contributed by atoms with Crippen molar-refractivity contribution < 1.29 is 19.4 Å². The minimum absolute atomic E-state index is 0.437. The summed E-state index contributed by atoms with van der Waals surface area (Å²) in [5, 5.41) is 17.9. The molecule has 0 amide bonds. The number of hydrogen-bond acceptors (Lipinski definition) is 4. The largest absolute Gasteiger partial charge is 0.481 e. The van der Waals surface area contributed by atoms with Gasteiger partial charge in [0.2, 0.25) is 0 Å². The summed E-state index contributed by atoms with van der Waals surface area (Å²) < 4.78 is 5.30. The first-order valence-corrected chi connectivity index (χ1v) is 4.82. The summed E-state index contributed by atoms with van der Waals surface area (Å²) in [6.07, 6.45) is 0. The molecule has 0 aliphatic rings. The molecule has 84 valence electrons. The van der Waals surface area contributed by atoms with Crippen molar-refractivity contribution in [2.24, 2.45) is 0 Å². The number of aliphatic carboxylic acids is 1. The third-order valence-corrected chi connectivity index (χ3v) is 2.40. The number of aryl methyl sites for hydroxylation is 1. The Morgan fingerprint density at radius 1 is 1.56 bits per heavy atom. The lowest BCUT2D eigenvalue weighted by Crippen LogP contribution is -2.15. The van der Waals surface area contributed by atoms with Gasteiger partial charge < -0.3 is 14.6 Å². The second-order valence-electron chi connectivity index (χ2n) is 3.53. The van der Waals surface area contributed by atoms with Gasteiger partial charge in [0.05, 0.1) is 6.61 Å². The van der Waals surface area contributed by atoms with Crippen molar-refractivity contribution in [2.45, 2.75) is 12.8 Å². The van der Waals surface area contributed by atoms with Gasteiger partial charge in [0.15, 0.2) is 11.5 Å². The Balaban J connectivity index is 2.48. The molecule has 0 bridgehead atoms. The smallest absolute Gasteiger partial charge is 0.313 e. The molecule has 5 heteroatoms. The predicted octanol–water partition coefficient (Wildman–Crippen LogP) is 1.30. The average molecular weight is 221 g/mol. The first kappa shape index (κ1) is 10.6. The molecule has 2 aromatic rings. The van der Waals surface area contributed by atoms with E-state index in [0.717, 1.165) is 0 Å². The fourth-order valence-corrected chi connectivity index (χ4v) is 1.60. The van der Waals surface area contributed by atoms with Crippen LogP contribution in [0.25, 0.3) is 11.1 Å². The number of fused-ring (bicyclic) bond motifs is 1. The van der Waals surface area contributed by atoms with E-state index in [0.29, 0.717) is 22.6 Å². The van der Waals surface area contributed by atoms with Gasteiger partial charge in [-0.15, -0.1) is 0 Å². The van der Waals surface area contributed by atoms with Gasteiger partial charge in [-0.05, 0) is 17.7 Å². The van der Waals surface area contributed by atoms with Crippen LogP contribution in [0.5, 0.6) is 0 Å². The molecule has 16 heavy (non-hydrogen) atoms. The van der Waals surface area contributed by atoms with Crippen LogP contribution in [0, 0.1) is 6.92 Å². The van der Waals surface area contributed by atoms with Crippen molar-refractivity contribution in [3.05, 3.63) is 29.7 Å². The number of carboxylic acid groups (broad SMARTS) is 1. The summed E-state index contributed by atoms with van der Waals surface area (Å²) >= 11 is 0. The zero-order valence-corrected chi connectivity index (χ0v) is 8.67. The quantitative estimate of drug-likeness (QED) is 0.816. The molecule has 1 aromatic carbocycles. The number of aliphatic hydroxyl groups excluding tert-OH is 1. The highest BCUT2D eigenvalue weighted by molar-refractivity contribution is 5.80. The van der Waals surface area contributed by atoms with Crippen molar-refractivity contribution >= 4 is 17.1 Å². The van der Waals surface area contributed by atoms with Crippen LogP contribution in [-0.4, -0.2) is 27.8 Å². The molecular weight excluding hydrogens is 210 g/mol. The zero-order valence-electron chi connectivity index (χ0n) is 8.67. The summed E-state index contributed by atoms with van der Waals surface area (Å²) in [7, 11) is 0. The van der Waals surface area contributed by atoms with E-state index in [1.807, 2.05) is 0 Å². The number of carboxylic acids is 1. The number of aliphatic hydroxyl groups is 1. The number of benzene rings is 1. The fraction of sp³-hybridized carbons (Fsp3) is 0.273. The molecule has 2 N–H and O–H groups in total. The maximum atomic E-state index is 10.9. The maximum absolute atomic E-state index is 10.9. The van der Waals surface area contributed by atoms with E-state index in [4.69, 9.17) is 14.6 Å². The van der Waals surface area contributed by atoms with Gasteiger partial charge in [0, 0.05) is 6.92 Å². The summed E-state index contributed by atoms with van der Waals surface area (Å²) in [5.41, 5.74) is 1.73. The number of aromatic nitrogens is 1. The Kier molecular flexibility index (Phi) is 2.62. The number of nitrogens with zero attached hydrogens (tertiary/aromatic N) is 1. The van der Waals surface area contributed by atoms with Crippen LogP contribution >= 0.6 is 0 Å². The first-order valence-electron chi connectivity index (χ1n) is 4.82. The highest BCUT2D eigenvalue weighted by Crippen LogP contribution is 2.22. The Labute approximate surface area is 91.3 Å². The topological polar surface area (TPSA) is 83.6 Å². The van der Waals surface area contributed by atoms with E-state index in [9.17, 15) is 4.79 Å². The van der Waals surface area contributed by atoms with Crippen molar-refractivity contribution in [2.75, 3.05) is 6.61 Å². The molecule has 5 nitrogen and oxygen atoms in total. The lowest BCUT2D eigenvalue weighted by Gasteiger charge is -2.08. The summed E-state index contributed by atoms with van der Waals surface area (Å²) in [6, 6.07) is 4.93. The second kappa shape index (κ2) is 3.94. The van der Waals surface area contributed by atoms with Crippen molar-refractivity contribution in [3.8, 4) is 0 Å². The molecule has 1 heterocycles. The molecule has 2 rings (SSSR count). The molecule has 0 aliphatic heterocycles. The average Bonchev–Trinajstić information content (AvgIpc) is 2.57. The standard InChI is InChI=1S/C11H11NO4/c1-6-12-9-3-2-7(4-10(9)16-6)8(5-13)11(14)15/h2-4,8,13H,5H2,1H3,(H,14,15). The number of oxazole rings is 1. The SMILES string of the molecule is Cc1nc2ccc(C(CO)C(=O)O)cc2o1.